The van der Waals surface area contributed by atoms with Crippen molar-refractivity contribution in [1.82, 2.24) is 20.0 Å². The summed E-state index contributed by atoms with van der Waals surface area (Å²) < 4.78 is 41.5. The van der Waals surface area contributed by atoms with Crippen molar-refractivity contribution in [1.29, 1.82) is 0 Å². The molecule has 0 spiro atoms. The minimum Gasteiger partial charge on any atom is -0.480 e. The molecule has 4 rings (SSSR count). The first-order valence-electron chi connectivity index (χ1n) is 11.0. The fraction of sp³-hybridized carbons (Fsp3) is 0.522. The van der Waals surface area contributed by atoms with Crippen LogP contribution < -0.4 is 5.32 Å². The molecule has 1 unspecified atom stereocenters. The molecule has 9 nitrogen and oxygen atoms in total. The van der Waals surface area contributed by atoms with Gasteiger partial charge >= 0.3 is 12.1 Å². The number of ether oxygens (including phenoxy) is 2. The molecule has 184 valence electrons. The monoisotopic (exact) mass is 478 g/mol. The van der Waals surface area contributed by atoms with Crippen LogP contribution in [0.25, 0.3) is 0 Å². The Hall–Kier alpha value is -3.05. The summed E-state index contributed by atoms with van der Waals surface area (Å²) in [5.41, 5.74) is 0.590. The van der Waals surface area contributed by atoms with E-state index in [0.717, 1.165) is 23.9 Å². The lowest BCUT2D eigenvalue weighted by molar-refractivity contribution is -0.147. The number of hydrogen-bond acceptors (Lipinski definition) is 6. The smallest absolute Gasteiger partial charge is 0.407 e. The number of nitrogens with zero attached hydrogens (tertiary/aromatic N) is 3. The molecule has 1 aromatic carbocycles. The van der Waals surface area contributed by atoms with Gasteiger partial charge in [-0.1, -0.05) is 0 Å². The van der Waals surface area contributed by atoms with Crippen LogP contribution in [0.5, 0.6) is 0 Å². The number of rotatable bonds is 4. The van der Waals surface area contributed by atoms with Crippen LogP contribution >= 0.6 is 0 Å². The Kier molecular flexibility index (Phi) is 6.34. The number of hydrogen-bond donors (Lipinski definition) is 2. The molecule has 3 heterocycles. The molecule has 2 aromatic rings. The predicted molar refractivity (Wildman–Crippen MR) is 116 cm³/mol. The van der Waals surface area contributed by atoms with Crippen molar-refractivity contribution in [3.8, 4) is 0 Å². The second kappa shape index (κ2) is 8.95. The highest BCUT2D eigenvalue weighted by Crippen LogP contribution is 2.40. The zero-order valence-electron chi connectivity index (χ0n) is 19.4. The Morgan fingerprint density at radius 1 is 1.26 bits per heavy atom. The molecule has 1 amide bonds. The van der Waals surface area contributed by atoms with Crippen LogP contribution in [-0.2, 0) is 27.9 Å². The fourth-order valence-electron chi connectivity index (χ4n) is 4.64. The van der Waals surface area contributed by atoms with Crippen LogP contribution in [0.2, 0.25) is 0 Å². The van der Waals surface area contributed by atoms with Crippen molar-refractivity contribution in [2.45, 2.75) is 63.6 Å². The predicted octanol–water partition coefficient (Wildman–Crippen LogP) is 3.06. The van der Waals surface area contributed by atoms with E-state index in [2.05, 4.69) is 10.4 Å². The number of carbonyl (C=O) groups excluding carboxylic acids is 1. The van der Waals surface area contributed by atoms with Gasteiger partial charge in [-0.15, -0.1) is 0 Å². The second-order valence-corrected chi connectivity index (χ2v) is 9.65. The number of fused-ring (bicyclic) bond motifs is 1. The first-order chi connectivity index (χ1) is 15.9. The Labute approximate surface area is 195 Å². The average molecular weight is 478 g/mol. The minimum atomic E-state index is -1.03. The lowest BCUT2D eigenvalue weighted by Crippen LogP contribution is -2.53. The van der Waals surface area contributed by atoms with Crippen molar-refractivity contribution >= 4 is 12.1 Å². The highest BCUT2D eigenvalue weighted by Gasteiger charge is 2.45. The molecular formula is C23H28F2N4O5. The number of amides is 1. The van der Waals surface area contributed by atoms with E-state index < -0.39 is 53.5 Å². The molecule has 2 aliphatic heterocycles. The largest absolute Gasteiger partial charge is 0.480 e. The van der Waals surface area contributed by atoms with Gasteiger partial charge < -0.3 is 19.9 Å². The first kappa shape index (κ1) is 24.1. The number of aryl methyl sites for hydroxylation is 1. The maximum Gasteiger partial charge on any atom is 0.407 e. The Balaban J connectivity index is 1.61. The van der Waals surface area contributed by atoms with Crippen molar-refractivity contribution in [2.75, 3.05) is 6.61 Å². The number of halogens is 2. The van der Waals surface area contributed by atoms with Crippen molar-refractivity contribution < 1.29 is 33.0 Å². The Bertz CT molecular complexity index is 1100. The zero-order chi connectivity index (χ0) is 24.8. The maximum absolute atomic E-state index is 14.6. The van der Waals surface area contributed by atoms with Crippen LogP contribution in [0.3, 0.4) is 0 Å². The number of carboxylic acid groups (broad SMARTS) is 1. The molecule has 2 aliphatic rings. The van der Waals surface area contributed by atoms with Gasteiger partial charge in [0.15, 0.2) is 0 Å². The minimum absolute atomic E-state index is 0.0248. The van der Waals surface area contributed by atoms with E-state index in [4.69, 9.17) is 9.47 Å². The third-order valence-corrected chi connectivity index (χ3v) is 6.08. The summed E-state index contributed by atoms with van der Waals surface area (Å²) in [5, 5.41) is 16.8. The van der Waals surface area contributed by atoms with E-state index in [1.54, 1.807) is 43.6 Å². The molecule has 1 saturated heterocycles. The summed E-state index contributed by atoms with van der Waals surface area (Å²) in [6.45, 7) is 5.53. The number of nitrogens with one attached hydrogen (secondary N) is 1. The van der Waals surface area contributed by atoms with Crippen LogP contribution in [0.1, 0.15) is 56.2 Å². The molecular weight excluding hydrogens is 450 g/mol. The Morgan fingerprint density at radius 3 is 2.68 bits per heavy atom. The van der Waals surface area contributed by atoms with Gasteiger partial charge in [0.2, 0.25) is 0 Å². The molecule has 0 aliphatic carbocycles. The number of aromatic nitrogens is 2. The van der Waals surface area contributed by atoms with E-state index in [0.29, 0.717) is 12.1 Å². The number of alkyl carbamates (subject to hydrolysis) is 1. The summed E-state index contributed by atoms with van der Waals surface area (Å²) in [6, 6.07) is 0.925. The van der Waals surface area contributed by atoms with Gasteiger partial charge in [0.25, 0.3) is 0 Å². The maximum atomic E-state index is 14.6. The normalized spacial score (nSPS) is 25.1. The van der Waals surface area contributed by atoms with Gasteiger partial charge in [-0.2, -0.15) is 5.10 Å². The third-order valence-electron chi connectivity index (χ3n) is 6.08. The summed E-state index contributed by atoms with van der Waals surface area (Å²) >= 11 is 0. The lowest BCUT2D eigenvalue weighted by atomic mass is 9.92. The number of carbonyl (C=O) groups is 2. The third kappa shape index (κ3) is 4.76. The van der Waals surface area contributed by atoms with Gasteiger partial charge in [-0.05, 0) is 45.4 Å². The molecule has 0 saturated carbocycles. The fourth-order valence-corrected chi connectivity index (χ4v) is 4.64. The first-order valence-corrected chi connectivity index (χ1v) is 11.0. The van der Waals surface area contributed by atoms with E-state index in [1.807, 2.05) is 0 Å². The van der Waals surface area contributed by atoms with Gasteiger partial charge in [0, 0.05) is 30.8 Å². The summed E-state index contributed by atoms with van der Waals surface area (Å²) in [5.74, 6) is -2.32. The van der Waals surface area contributed by atoms with Crippen molar-refractivity contribution in [2.24, 2.45) is 7.05 Å². The number of benzene rings is 1. The van der Waals surface area contributed by atoms with Gasteiger partial charge in [-0.25, -0.2) is 13.6 Å². The molecule has 34 heavy (non-hydrogen) atoms. The van der Waals surface area contributed by atoms with Crippen molar-refractivity contribution in [3.05, 3.63) is 52.9 Å². The summed E-state index contributed by atoms with van der Waals surface area (Å²) in [4.78, 5) is 26.4. The van der Waals surface area contributed by atoms with Crippen LogP contribution in [0.15, 0.2) is 24.4 Å². The van der Waals surface area contributed by atoms with Gasteiger partial charge in [-0.3, -0.25) is 14.4 Å². The van der Waals surface area contributed by atoms with Crippen LogP contribution in [-0.4, -0.2) is 56.1 Å². The van der Waals surface area contributed by atoms with E-state index in [1.165, 1.54) is 0 Å². The lowest BCUT2D eigenvalue weighted by Gasteiger charge is -2.41. The Morgan fingerprint density at radius 2 is 2.00 bits per heavy atom. The zero-order valence-corrected chi connectivity index (χ0v) is 19.4. The highest BCUT2D eigenvalue weighted by molar-refractivity contribution is 5.77. The number of carboxylic acids is 1. The van der Waals surface area contributed by atoms with Gasteiger partial charge in [0.1, 0.15) is 29.4 Å². The van der Waals surface area contributed by atoms with Gasteiger partial charge in [0.05, 0.1) is 24.5 Å². The second-order valence-electron chi connectivity index (χ2n) is 9.65. The molecule has 1 aromatic heterocycles. The van der Waals surface area contributed by atoms with E-state index in [-0.39, 0.29) is 18.6 Å². The summed E-state index contributed by atoms with van der Waals surface area (Å²) in [7, 11) is 1.74. The van der Waals surface area contributed by atoms with Crippen LogP contribution in [0.4, 0.5) is 13.6 Å². The topological polar surface area (TPSA) is 106 Å². The molecule has 2 N–H and O–H groups in total. The molecule has 4 atom stereocenters. The van der Waals surface area contributed by atoms with E-state index >= 15 is 0 Å². The standard InChI is InChI=1S/C23H28F2N4O5/c1-23(2,3)34-22(32)27-17-8-13(11-33-20(17)14-7-12(24)5-6-16(14)25)29-10-18-15(9-26-28(18)4)19(29)21(30)31/h5-7,9,13,17,19-20H,8,10-11H2,1-4H3,(H,27,32)(H,30,31)/t13-,17+,19?,20-/m1/s1. The SMILES string of the molecule is Cn1ncc2c1CN([C@H]1CO[C@H](c3cc(F)ccc3F)[C@@H](NC(=O)OC(C)(C)C)C1)C2C(=O)O. The molecule has 0 bridgehead atoms. The average Bonchev–Trinajstić information content (AvgIpc) is 3.28. The van der Waals surface area contributed by atoms with E-state index in [9.17, 15) is 23.5 Å². The summed E-state index contributed by atoms with van der Waals surface area (Å²) in [6.07, 6.45) is 0.0752. The molecule has 1 fully saturated rings. The quantitative estimate of drug-likeness (QED) is 0.696. The van der Waals surface area contributed by atoms with Crippen molar-refractivity contribution in [3.63, 3.8) is 0 Å². The molecule has 0 radical (unpaired) electrons. The van der Waals surface area contributed by atoms with Crippen LogP contribution in [0, 0.1) is 11.6 Å². The highest BCUT2D eigenvalue weighted by atomic mass is 19.1. The number of aliphatic carboxylic acids is 1. The molecule has 11 heteroatoms.